The van der Waals surface area contributed by atoms with Gasteiger partial charge in [0.25, 0.3) is 5.91 Å². The van der Waals surface area contributed by atoms with Gasteiger partial charge >= 0.3 is 0 Å². The minimum atomic E-state index is 0. The van der Waals surface area contributed by atoms with E-state index in [0.29, 0.717) is 17.5 Å². The van der Waals surface area contributed by atoms with Crippen molar-refractivity contribution in [1.82, 2.24) is 14.7 Å². The molecule has 1 fully saturated rings. The normalized spacial score (nSPS) is 19.5. The van der Waals surface area contributed by atoms with E-state index >= 15 is 0 Å². The summed E-state index contributed by atoms with van der Waals surface area (Å²) >= 11 is 7.82. The molecular formula is C19H22Cl2N4OS. The highest BCUT2D eigenvalue weighted by Gasteiger charge is 2.33. The van der Waals surface area contributed by atoms with Gasteiger partial charge in [0, 0.05) is 18.0 Å². The van der Waals surface area contributed by atoms with Crippen LogP contribution < -0.4 is 5.73 Å². The zero-order valence-electron chi connectivity index (χ0n) is 15.2. The van der Waals surface area contributed by atoms with Gasteiger partial charge in [0.05, 0.1) is 21.3 Å². The molecule has 0 radical (unpaired) electrons. The van der Waals surface area contributed by atoms with Crippen molar-refractivity contribution in [2.75, 3.05) is 13.1 Å². The number of likely N-dealkylation sites (tertiary alicyclic amines) is 1. The molecule has 1 aromatic carbocycles. The third-order valence-corrected chi connectivity index (χ3v) is 6.51. The van der Waals surface area contributed by atoms with E-state index in [0.717, 1.165) is 39.4 Å². The van der Waals surface area contributed by atoms with Gasteiger partial charge in [0.15, 0.2) is 0 Å². The summed E-state index contributed by atoms with van der Waals surface area (Å²) in [7, 11) is 0. The monoisotopic (exact) mass is 424 g/mol. The molecule has 0 bridgehead atoms. The van der Waals surface area contributed by atoms with E-state index in [1.54, 1.807) is 0 Å². The predicted octanol–water partition coefficient (Wildman–Crippen LogP) is 4.28. The number of para-hydroxylation sites is 1. The van der Waals surface area contributed by atoms with Crippen LogP contribution in [0.3, 0.4) is 0 Å². The number of nitrogens with two attached hydrogens (primary N) is 1. The lowest BCUT2D eigenvalue weighted by Crippen LogP contribution is -2.33. The zero-order chi connectivity index (χ0) is 18.4. The molecule has 1 saturated heterocycles. The zero-order valence-corrected chi connectivity index (χ0v) is 17.6. The van der Waals surface area contributed by atoms with Crippen LogP contribution in [-0.2, 0) is 0 Å². The first-order valence-corrected chi connectivity index (χ1v) is 9.94. The molecule has 144 valence electrons. The number of fused-ring (bicyclic) bond motifs is 1. The molecule has 3 heterocycles. The molecule has 27 heavy (non-hydrogen) atoms. The second-order valence-electron chi connectivity index (χ2n) is 6.92. The van der Waals surface area contributed by atoms with Crippen LogP contribution in [0.5, 0.6) is 0 Å². The number of nitrogens with zero attached hydrogens (tertiary/aromatic N) is 3. The molecule has 0 aliphatic carbocycles. The average Bonchev–Trinajstić information content (AvgIpc) is 3.30. The number of carbonyl (C=O) groups is 1. The quantitative estimate of drug-likeness (QED) is 0.681. The SMILES string of the molecule is Cc1nn(-c2ccccc2Cl)c2sc(C(=O)N3CC(CN)CC3C)cc12.Cl. The largest absolute Gasteiger partial charge is 0.335 e. The summed E-state index contributed by atoms with van der Waals surface area (Å²) in [4.78, 5) is 16.7. The number of hydrogen-bond acceptors (Lipinski definition) is 4. The van der Waals surface area contributed by atoms with Gasteiger partial charge in [-0.15, -0.1) is 23.7 Å². The van der Waals surface area contributed by atoms with Gasteiger partial charge in [-0.2, -0.15) is 5.10 Å². The Labute approximate surface area is 173 Å². The summed E-state index contributed by atoms with van der Waals surface area (Å²) in [5, 5.41) is 6.26. The molecule has 0 spiro atoms. The topological polar surface area (TPSA) is 64.2 Å². The third kappa shape index (κ3) is 3.47. The Morgan fingerprint density at radius 3 is 2.81 bits per heavy atom. The Balaban J connectivity index is 0.00000210. The van der Waals surface area contributed by atoms with Crippen molar-refractivity contribution in [2.45, 2.75) is 26.3 Å². The molecule has 4 rings (SSSR count). The molecule has 1 amide bonds. The minimum absolute atomic E-state index is 0. The molecule has 1 aliphatic rings. The fourth-order valence-electron chi connectivity index (χ4n) is 3.68. The molecule has 2 unspecified atom stereocenters. The van der Waals surface area contributed by atoms with Crippen molar-refractivity contribution in [2.24, 2.45) is 11.7 Å². The number of halogens is 2. The predicted molar refractivity (Wildman–Crippen MR) is 114 cm³/mol. The molecular weight excluding hydrogens is 403 g/mol. The van der Waals surface area contributed by atoms with Crippen LogP contribution >= 0.6 is 35.3 Å². The molecule has 0 saturated carbocycles. The van der Waals surface area contributed by atoms with E-state index in [1.807, 2.05) is 46.8 Å². The van der Waals surface area contributed by atoms with Gasteiger partial charge < -0.3 is 10.6 Å². The maximum absolute atomic E-state index is 13.1. The van der Waals surface area contributed by atoms with Crippen molar-refractivity contribution in [1.29, 1.82) is 0 Å². The van der Waals surface area contributed by atoms with Crippen molar-refractivity contribution in [3.05, 3.63) is 45.9 Å². The lowest BCUT2D eigenvalue weighted by molar-refractivity contribution is 0.0748. The van der Waals surface area contributed by atoms with Crippen LogP contribution in [0.15, 0.2) is 30.3 Å². The van der Waals surface area contributed by atoms with E-state index in [9.17, 15) is 4.79 Å². The summed E-state index contributed by atoms with van der Waals surface area (Å²) in [5.41, 5.74) is 7.52. The van der Waals surface area contributed by atoms with Crippen LogP contribution in [-0.4, -0.2) is 39.7 Å². The number of hydrogen-bond donors (Lipinski definition) is 1. The van der Waals surface area contributed by atoms with E-state index in [2.05, 4.69) is 12.0 Å². The van der Waals surface area contributed by atoms with Gasteiger partial charge in [-0.05, 0) is 50.9 Å². The van der Waals surface area contributed by atoms with Crippen molar-refractivity contribution >= 4 is 51.5 Å². The summed E-state index contributed by atoms with van der Waals surface area (Å²) in [6.45, 7) is 5.42. The molecule has 2 aromatic heterocycles. The highest BCUT2D eigenvalue weighted by Crippen LogP contribution is 2.34. The summed E-state index contributed by atoms with van der Waals surface area (Å²) in [5.74, 6) is 0.475. The number of thiophene rings is 1. The maximum atomic E-state index is 13.1. The fourth-order valence-corrected chi connectivity index (χ4v) is 5.02. The number of carbonyl (C=O) groups excluding carboxylic acids is 1. The van der Waals surface area contributed by atoms with Crippen LogP contribution in [0.1, 0.15) is 28.7 Å². The highest BCUT2D eigenvalue weighted by molar-refractivity contribution is 7.20. The molecule has 3 aromatic rings. The Morgan fingerprint density at radius 1 is 1.41 bits per heavy atom. The lowest BCUT2D eigenvalue weighted by Gasteiger charge is -2.20. The Morgan fingerprint density at radius 2 is 2.15 bits per heavy atom. The van der Waals surface area contributed by atoms with Crippen LogP contribution in [0.25, 0.3) is 15.9 Å². The Hall–Kier alpha value is -1.60. The number of rotatable bonds is 3. The molecule has 2 atom stereocenters. The van der Waals surface area contributed by atoms with Gasteiger partial charge in [-0.3, -0.25) is 4.79 Å². The second kappa shape index (κ2) is 7.80. The van der Waals surface area contributed by atoms with Crippen molar-refractivity contribution < 1.29 is 4.79 Å². The van der Waals surface area contributed by atoms with Gasteiger partial charge in [-0.1, -0.05) is 23.7 Å². The van der Waals surface area contributed by atoms with E-state index in [4.69, 9.17) is 17.3 Å². The summed E-state index contributed by atoms with van der Waals surface area (Å²) in [6.07, 6.45) is 0.972. The lowest BCUT2D eigenvalue weighted by atomic mass is 10.1. The molecule has 2 N–H and O–H groups in total. The number of benzene rings is 1. The van der Waals surface area contributed by atoms with Crippen molar-refractivity contribution in [3.8, 4) is 5.69 Å². The third-order valence-electron chi connectivity index (χ3n) is 5.09. The fraction of sp³-hybridized carbons (Fsp3) is 0.368. The highest BCUT2D eigenvalue weighted by atomic mass is 35.5. The smallest absolute Gasteiger partial charge is 0.264 e. The van der Waals surface area contributed by atoms with Gasteiger partial charge in [0.2, 0.25) is 0 Å². The van der Waals surface area contributed by atoms with Crippen molar-refractivity contribution in [3.63, 3.8) is 0 Å². The minimum Gasteiger partial charge on any atom is -0.335 e. The Bertz CT molecular complexity index is 983. The second-order valence-corrected chi connectivity index (χ2v) is 8.36. The van der Waals surface area contributed by atoms with E-state index in [-0.39, 0.29) is 24.4 Å². The van der Waals surface area contributed by atoms with E-state index < -0.39 is 0 Å². The van der Waals surface area contributed by atoms with Crippen LogP contribution in [0.4, 0.5) is 0 Å². The van der Waals surface area contributed by atoms with E-state index in [1.165, 1.54) is 11.3 Å². The molecule has 1 aliphatic heterocycles. The van der Waals surface area contributed by atoms with Crippen LogP contribution in [0.2, 0.25) is 5.02 Å². The number of amides is 1. The molecule has 8 heteroatoms. The summed E-state index contributed by atoms with van der Waals surface area (Å²) in [6, 6.07) is 9.79. The standard InChI is InChI=1S/C19H21ClN4OS.ClH/c1-11-7-13(9-21)10-23(11)18(25)17-8-14-12(2)22-24(19(14)26-17)16-6-4-3-5-15(16)20;/h3-6,8,11,13H,7,9-10,21H2,1-2H3;1H. The van der Waals surface area contributed by atoms with Gasteiger partial charge in [0.1, 0.15) is 4.83 Å². The average molecular weight is 425 g/mol. The molecule has 5 nitrogen and oxygen atoms in total. The number of aromatic nitrogens is 2. The summed E-state index contributed by atoms with van der Waals surface area (Å²) < 4.78 is 1.84. The maximum Gasteiger partial charge on any atom is 0.264 e. The first kappa shape index (κ1) is 20.1. The first-order chi connectivity index (χ1) is 12.5. The Kier molecular flexibility index (Phi) is 5.82. The number of aryl methyl sites for hydroxylation is 1. The first-order valence-electron chi connectivity index (χ1n) is 8.74. The van der Waals surface area contributed by atoms with Gasteiger partial charge in [-0.25, -0.2) is 4.68 Å². The van der Waals surface area contributed by atoms with Crippen LogP contribution in [0, 0.1) is 12.8 Å².